The van der Waals surface area contributed by atoms with Crippen molar-refractivity contribution in [3.63, 3.8) is 0 Å². The number of hydrazone groups is 1. The van der Waals surface area contributed by atoms with E-state index in [2.05, 4.69) is 15.5 Å². The van der Waals surface area contributed by atoms with Crippen molar-refractivity contribution in [3.8, 4) is 22.8 Å². The average molecular weight is 447 g/mol. The van der Waals surface area contributed by atoms with Gasteiger partial charge in [-0.15, -0.1) is 11.3 Å². The van der Waals surface area contributed by atoms with Gasteiger partial charge >= 0.3 is 0 Å². The zero-order chi connectivity index (χ0) is 21.7. The minimum atomic E-state index is -3.46. The second kappa shape index (κ2) is 9.24. The lowest BCUT2D eigenvalue weighted by Gasteiger charge is -2.11. The first-order valence-electron chi connectivity index (χ1n) is 9.04. The van der Waals surface area contributed by atoms with E-state index in [0.717, 1.165) is 16.8 Å². The molecule has 0 aliphatic carbocycles. The summed E-state index contributed by atoms with van der Waals surface area (Å²) in [5.74, 6) is 0.480. The highest BCUT2D eigenvalue weighted by molar-refractivity contribution is 7.89. The largest absolute Gasteiger partial charge is 0.504 e. The number of benzene rings is 2. The van der Waals surface area contributed by atoms with Crippen LogP contribution in [0.1, 0.15) is 12.5 Å². The second-order valence-corrected chi connectivity index (χ2v) is 9.39. The molecule has 0 fully saturated rings. The smallest absolute Gasteiger partial charge is 0.242 e. The third-order valence-electron chi connectivity index (χ3n) is 4.09. The van der Waals surface area contributed by atoms with Crippen LogP contribution < -0.4 is 10.2 Å². The van der Waals surface area contributed by atoms with Crippen molar-refractivity contribution in [3.05, 3.63) is 53.4 Å². The van der Waals surface area contributed by atoms with Gasteiger partial charge in [-0.1, -0.05) is 12.1 Å². The molecule has 2 aromatic carbocycles. The van der Waals surface area contributed by atoms with Crippen molar-refractivity contribution in [2.24, 2.45) is 5.10 Å². The number of hydrogen-bond acceptors (Lipinski definition) is 8. The Labute approximate surface area is 179 Å². The second-order valence-electron chi connectivity index (χ2n) is 6.38. The summed E-state index contributed by atoms with van der Waals surface area (Å²) in [7, 11) is -0.463. The maximum Gasteiger partial charge on any atom is 0.242 e. The number of ether oxygens (including phenoxy) is 1. The molecule has 30 heavy (non-hydrogen) atoms. The summed E-state index contributed by atoms with van der Waals surface area (Å²) in [6.45, 7) is 2.30. The Morgan fingerprint density at radius 2 is 1.97 bits per heavy atom. The van der Waals surface area contributed by atoms with Gasteiger partial charge in [-0.2, -0.15) is 5.10 Å². The fourth-order valence-corrected chi connectivity index (χ4v) is 4.08. The molecule has 0 aliphatic rings. The van der Waals surface area contributed by atoms with Crippen LogP contribution in [0.2, 0.25) is 0 Å². The Balaban J connectivity index is 1.68. The lowest BCUT2D eigenvalue weighted by atomic mass is 10.2. The Morgan fingerprint density at radius 3 is 2.63 bits per heavy atom. The maximum atomic E-state index is 12.2. The number of sulfonamides is 1. The van der Waals surface area contributed by atoms with Crippen LogP contribution in [0.25, 0.3) is 11.3 Å². The van der Waals surface area contributed by atoms with E-state index < -0.39 is 10.0 Å². The van der Waals surface area contributed by atoms with Crippen LogP contribution >= 0.6 is 11.3 Å². The van der Waals surface area contributed by atoms with Crippen LogP contribution in [-0.2, 0) is 10.0 Å². The van der Waals surface area contributed by atoms with E-state index in [1.54, 1.807) is 48.7 Å². The highest BCUT2D eigenvalue weighted by Crippen LogP contribution is 2.27. The van der Waals surface area contributed by atoms with Crippen molar-refractivity contribution in [2.45, 2.75) is 11.8 Å². The lowest BCUT2D eigenvalue weighted by Crippen LogP contribution is -2.22. The van der Waals surface area contributed by atoms with E-state index >= 15 is 0 Å². The molecule has 1 heterocycles. The minimum Gasteiger partial charge on any atom is -0.504 e. The monoisotopic (exact) mass is 446 g/mol. The molecule has 8 nitrogen and oxygen atoms in total. The number of phenols is 1. The first-order valence-corrected chi connectivity index (χ1v) is 11.4. The van der Waals surface area contributed by atoms with Crippen LogP contribution in [-0.4, -0.2) is 49.7 Å². The Morgan fingerprint density at radius 1 is 1.23 bits per heavy atom. The molecule has 3 aromatic rings. The molecule has 0 saturated carbocycles. The van der Waals surface area contributed by atoms with E-state index in [4.69, 9.17) is 4.74 Å². The molecule has 0 aliphatic heterocycles. The third kappa shape index (κ3) is 4.96. The molecule has 0 bridgehead atoms. The van der Waals surface area contributed by atoms with Gasteiger partial charge in [0.25, 0.3) is 0 Å². The van der Waals surface area contributed by atoms with Crippen LogP contribution in [0.15, 0.2) is 57.8 Å². The molecule has 0 saturated heterocycles. The molecule has 2 N–H and O–H groups in total. The summed E-state index contributed by atoms with van der Waals surface area (Å²) in [6.07, 6.45) is 1.60. The molecule has 158 valence electrons. The van der Waals surface area contributed by atoms with Gasteiger partial charge in [-0.25, -0.2) is 17.7 Å². The number of thiazole rings is 1. The average Bonchev–Trinajstić information content (AvgIpc) is 3.19. The van der Waals surface area contributed by atoms with Gasteiger partial charge in [0, 0.05) is 25.0 Å². The lowest BCUT2D eigenvalue weighted by molar-refractivity contribution is 0.318. The molecule has 0 radical (unpaired) electrons. The van der Waals surface area contributed by atoms with Gasteiger partial charge in [0.2, 0.25) is 15.2 Å². The van der Waals surface area contributed by atoms with Crippen LogP contribution in [0.3, 0.4) is 0 Å². The standard InChI is InChI=1S/C20H22N4O4S2/c1-4-28-19-11-14(5-10-18(19)25)12-21-23-20-22-17(13-29-20)15-6-8-16(9-7-15)30(26,27)24(2)3/h5-13,25H,4H2,1-3H3,(H,22,23). The molecular weight excluding hydrogens is 424 g/mol. The van der Waals surface area contributed by atoms with Gasteiger partial charge in [0.05, 0.1) is 23.4 Å². The van der Waals surface area contributed by atoms with E-state index in [9.17, 15) is 13.5 Å². The van der Waals surface area contributed by atoms with Crippen molar-refractivity contribution in [1.29, 1.82) is 0 Å². The number of aromatic hydroxyl groups is 1. The van der Waals surface area contributed by atoms with Crippen molar-refractivity contribution >= 4 is 32.7 Å². The quantitative estimate of drug-likeness (QED) is 0.405. The molecule has 0 spiro atoms. The fourth-order valence-electron chi connectivity index (χ4n) is 2.51. The molecule has 3 rings (SSSR count). The van der Waals surface area contributed by atoms with Gasteiger partial charge in [0.15, 0.2) is 11.5 Å². The van der Waals surface area contributed by atoms with Crippen LogP contribution in [0, 0.1) is 0 Å². The first-order chi connectivity index (χ1) is 14.3. The molecule has 10 heteroatoms. The predicted octanol–water partition coefficient (Wildman–Crippen LogP) is 3.61. The summed E-state index contributed by atoms with van der Waals surface area (Å²) in [5, 5.41) is 16.4. The number of phenolic OH excluding ortho intramolecular Hbond substituents is 1. The molecule has 0 amide bonds. The number of hydrogen-bond donors (Lipinski definition) is 2. The Hall–Kier alpha value is -2.95. The molecule has 0 atom stereocenters. The van der Waals surface area contributed by atoms with Crippen LogP contribution in [0.5, 0.6) is 11.5 Å². The van der Waals surface area contributed by atoms with Gasteiger partial charge < -0.3 is 9.84 Å². The number of aromatic nitrogens is 1. The van der Waals surface area contributed by atoms with Gasteiger partial charge in [0.1, 0.15) is 0 Å². The van der Waals surface area contributed by atoms with E-state index in [-0.39, 0.29) is 10.6 Å². The fraction of sp³-hybridized carbons (Fsp3) is 0.200. The van der Waals surface area contributed by atoms with Crippen molar-refractivity contribution in [2.75, 3.05) is 26.1 Å². The summed E-state index contributed by atoms with van der Waals surface area (Å²) in [6, 6.07) is 11.6. The maximum absolute atomic E-state index is 12.2. The van der Waals surface area contributed by atoms with Crippen molar-refractivity contribution < 1.29 is 18.3 Å². The summed E-state index contributed by atoms with van der Waals surface area (Å²) >= 11 is 1.38. The summed E-state index contributed by atoms with van der Waals surface area (Å²) in [4.78, 5) is 4.70. The topological polar surface area (TPSA) is 104 Å². The summed E-state index contributed by atoms with van der Waals surface area (Å²) < 4.78 is 30.9. The zero-order valence-electron chi connectivity index (χ0n) is 16.7. The SMILES string of the molecule is CCOc1cc(C=NNc2nc(-c3ccc(S(=O)(=O)N(C)C)cc3)cs2)ccc1O. The highest BCUT2D eigenvalue weighted by atomic mass is 32.2. The van der Waals surface area contributed by atoms with Gasteiger partial charge in [-0.3, -0.25) is 5.43 Å². The van der Waals surface area contributed by atoms with E-state index in [0.29, 0.717) is 17.5 Å². The predicted molar refractivity (Wildman–Crippen MR) is 119 cm³/mol. The zero-order valence-corrected chi connectivity index (χ0v) is 18.4. The number of anilines is 1. The molecular formula is C20H22N4O4S2. The Bertz CT molecular complexity index is 1140. The molecule has 1 aromatic heterocycles. The minimum absolute atomic E-state index is 0.0796. The normalized spacial score (nSPS) is 11.9. The molecule has 0 unspecified atom stereocenters. The van der Waals surface area contributed by atoms with Crippen molar-refractivity contribution in [1.82, 2.24) is 9.29 Å². The van der Waals surface area contributed by atoms with E-state index in [1.165, 1.54) is 29.7 Å². The number of nitrogens with zero attached hydrogens (tertiary/aromatic N) is 3. The van der Waals surface area contributed by atoms with Crippen LogP contribution in [0.4, 0.5) is 5.13 Å². The Kier molecular flexibility index (Phi) is 6.70. The summed E-state index contributed by atoms with van der Waals surface area (Å²) in [5.41, 5.74) is 5.16. The first kappa shape index (κ1) is 21.8. The van der Waals surface area contributed by atoms with E-state index in [1.807, 2.05) is 12.3 Å². The number of nitrogens with one attached hydrogen (secondary N) is 1. The highest BCUT2D eigenvalue weighted by Gasteiger charge is 2.17. The third-order valence-corrected chi connectivity index (χ3v) is 6.67. The number of rotatable bonds is 8. The van der Waals surface area contributed by atoms with Gasteiger partial charge in [-0.05, 0) is 42.8 Å².